The van der Waals surface area contributed by atoms with E-state index >= 15 is 0 Å². The Labute approximate surface area is 111 Å². The Morgan fingerprint density at radius 1 is 1.21 bits per heavy atom. The van der Waals surface area contributed by atoms with Crippen molar-refractivity contribution >= 4 is 5.82 Å². The van der Waals surface area contributed by atoms with Crippen molar-refractivity contribution in [3.05, 3.63) is 35.7 Å². The average molecular weight is 260 g/mol. The first-order valence-corrected chi connectivity index (χ1v) is 6.05. The molecule has 2 rings (SSSR count). The van der Waals surface area contributed by atoms with Crippen LogP contribution in [-0.2, 0) is 5.41 Å². The summed E-state index contributed by atoms with van der Waals surface area (Å²) in [7, 11) is 0. The maximum absolute atomic E-state index is 13.9. The smallest absolute Gasteiger partial charge is 0.150 e. The molecule has 0 aliphatic heterocycles. The Hall–Kier alpha value is -2.04. The lowest BCUT2D eigenvalue weighted by molar-refractivity contribution is 0.546. The molecule has 0 radical (unpaired) electrons. The Morgan fingerprint density at radius 2 is 1.89 bits per heavy atom. The topological polar surface area (TPSA) is 64.7 Å². The first-order chi connectivity index (χ1) is 8.80. The van der Waals surface area contributed by atoms with Gasteiger partial charge in [0.05, 0.1) is 11.9 Å². The van der Waals surface area contributed by atoms with Gasteiger partial charge in [0.15, 0.2) is 5.82 Å². The molecule has 19 heavy (non-hydrogen) atoms. The summed E-state index contributed by atoms with van der Waals surface area (Å²) in [6.07, 6.45) is 2.71. The van der Waals surface area contributed by atoms with Gasteiger partial charge in [0.2, 0.25) is 0 Å². The summed E-state index contributed by atoms with van der Waals surface area (Å²) in [6.45, 7) is 7.76. The molecule has 0 unspecified atom stereocenters. The van der Waals surface area contributed by atoms with E-state index in [0.717, 1.165) is 0 Å². The quantitative estimate of drug-likeness (QED) is 0.856. The van der Waals surface area contributed by atoms with Gasteiger partial charge in [-0.15, -0.1) is 0 Å². The van der Waals surface area contributed by atoms with Crippen LogP contribution in [0, 0.1) is 12.7 Å². The van der Waals surface area contributed by atoms with Crippen molar-refractivity contribution in [3.63, 3.8) is 0 Å². The third-order valence-corrected chi connectivity index (χ3v) is 2.88. The summed E-state index contributed by atoms with van der Waals surface area (Å²) in [5.41, 5.74) is 7.27. The molecule has 0 bridgehead atoms. The molecule has 0 fully saturated rings. The number of anilines is 1. The van der Waals surface area contributed by atoms with Gasteiger partial charge in [0.25, 0.3) is 0 Å². The molecule has 5 heteroatoms. The Bertz CT molecular complexity index is 617. The molecule has 0 saturated carbocycles. The van der Waals surface area contributed by atoms with E-state index in [0.29, 0.717) is 28.5 Å². The van der Waals surface area contributed by atoms with E-state index in [2.05, 4.69) is 15.0 Å². The minimum Gasteiger partial charge on any atom is -0.383 e. The second-order valence-corrected chi connectivity index (χ2v) is 5.51. The fraction of sp³-hybridized carbons (Fsp3) is 0.357. The van der Waals surface area contributed by atoms with Crippen molar-refractivity contribution in [1.82, 2.24) is 15.0 Å². The SMILES string of the molecule is Cc1c(N)nc(C(C)(C)C)nc1-c1ccncc1F. The van der Waals surface area contributed by atoms with Crippen LogP contribution in [0.2, 0.25) is 0 Å². The lowest BCUT2D eigenvalue weighted by Gasteiger charge is -2.19. The van der Waals surface area contributed by atoms with Crippen LogP contribution < -0.4 is 5.73 Å². The number of rotatable bonds is 1. The highest BCUT2D eigenvalue weighted by Gasteiger charge is 2.21. The zero-order chi connectivity index (χ0) is 14.2. The van der Waals surface area contributed by atoms with Crippen molar-refractivity contribution < 1.29 is 4.39 Å². The summed E-state index contributed by atoms with van der Waals surface area (Å²) in [6, 6.07) is 1.59. The first kappa shape index (κ1) is 13.4. The molecule has 2 aromatic heterocycles. The average Bonchev–Trinajstić information content (AvgIpc) is 2.32. The van der Waals surface area contributed by atoms with Crippen LogP contribution in [0.4, 0.5) is 10.2 Å². The number of hydrogen-bond donors (Lipinski definition) is 1. The zero-order valence-corrected chi connectivity index (χ0v) is 11.5. The number of pyridine rings is 1. The Kier molecular flexibility index (Phi) is 3.22. The van der Waals surface area contributed by atoms with Crippen LogP contribution in [0.5, 0.6) is 0 Å². The highest BCUT2D eigenvalue weighted by Crippen LogP contribution is 2.29. The largest absolute Gasteiger partial charge is 0.383 e. The Balaban J connectivity index is 2.70. The molecule has 0 aliphatic rings. The predicted molar refractivity (Wildman–Crippen MR) is 73.1 cm³/mol. The zero-order valence-electron chi connectivity index (χ0n) is 11.5. The van der Waals surface area contributed by atoms with E-state index in [1.165, 1.54) is 12.4 Å². The predicted octanol–water partition coefficient (Wildman–Crippen LogP) is 2.87. The molecule has 0 spiro atoms. The first-order valence-electron chi connectivity index (χ1n) is 6.05. The van der Waals surface area contributed by atoms with Gasteiger partial charge in [-0.1, -0.05) is 20.8 Å². The molecular weight excluding hydrogens is 243 g/mol. The van der Waals surface area contributed by atoms with E-state index in [4.69, 9.17) is 5.73 Å². The summed E-state index contributed by atoms with van der Waals surface area (Å²) >= 11 is 0. The van der Waals surface area contributed by atoms with Crippen molar-refractivity contribution in [3.8, 4) is 11.3 Å². The molecule has 2 N–H and O–H groups in total. The monoisotopic (exact) mass is 260 g/mol. The van der Waals surface area contributed by atoms with Gasteiger partial charge in [-0.3, -0.25) is 4.98 Å². The third kappa shape index (κ3) is 2.54. The second-order valence-electron chi connectivity index (χ2n) is 5.51. The summed E-state index contributed by atoms with van der Waals surface area (Å²) in [4.78, 5) is 12.5. The number of nitrogen functional groups attached to an aromatic ring is 1. The van der Waals surface area contributed by atoms with E-state index in [1.807, 2.05) is 20.8 Å². The lowest BCUT2D eigenvalue weighted by Crippen LogP contribution is -2.18. The molecular formula is C14H17FN4. The minimum atomic E-state index is -0.413. The summed E-state index contributed by atoms with van der Waals surface area (Å²) in [5.74, 6) is 0.566. The van der Waals surface area contributed by atoms with Gasteiger partial charge < -0.3 is 5.73 Å². The highest BCUT2D eigenvalue weighted by molar-refractivity contribution is 5.67. The third-order valence-electron chi connectivity index (χ3n) is 2.88. The fourth-order valence-electron chi connectivity index (χ4n) is 1.70. The number of halogens is 1. The molecule has 2 heterocycles. The van der Waals surface area contributed by atoms with Gasteiger partial charge in [-0.05, 0) is 13.0 Å². The molecule has 2 aromatic rings. The number of hydrogen-bond acceptors (Lipinski definition) is 4. The lowest BCUT2D eigenvalue weighted by atomic mass is 9.95. The van der Waals surface area contributed by atoms with Gasteiger partial charge in [0.1, 0.15) is 11.6 Å². The maximum atomic E-state index is 13.9. The van der Waals surface area contributed by atoms with Crippen molar-refractivity contribution in [1.29, 1.82) is 0 Å². The number of nitrogens with two attached hydrogens (primary N) is 1. The number of nitrogens with zero attached hydrogens (tertiary/aromatic N) is 3. The second kappa shape index (κ2) is 4.57. The molecule has 0 amide bonds. The van der Waals surface area contributed by atoms with Crippen molar-refractivity contribution in [2.45, 2.75) is 33.1 Å². The van der Waals surface area contributed by atoms with Gasteiger partial charge >= 0.3 is 0 Å². The van der Waals surface area contributed by atoms with Crippen LogP contribution in [-0.4, -0.2) is 15.0 Å². The van der Waals surface area contributed by atoms with E-state index in [1.54, 1.807) is 13.0 Å². The molecule has 4 nitrogen and oxygen atoms in total. The maximum Gasteiger partial charge on any atom is 0.150 e. The van der Waals surface area contributed by atoms with Gasteiger partial charge in [-0.2, -0.15) is 0 Å². The molecule has 100 valence electrons. The molecule has 0 atom stereocenters. The standard InChI is InChI=1S/C14H17FN4/c1-8-11(9-5-6-17-7-10(9)15)18-13(14(2,3)4)19-12(8)16/h5-7H,1-4H3,(H2,16,18,19). The molecule has 0 aliphatic carbocycles. The van der Waals surface area contributed by atoms with Crippen LogP contribution in [0.1, 0.15) is 32.2 Å². The van der Waals surface area contributed by atoms with Crippen LogP contribution in [0.25, 0.3) is 11.3 Å². The van der Waals surface area contributed by atoms with Crippen molar-refractivity contribution in [2.75, 3.05) is 5.73 Å². The number of aromatic nitrogens is 3. The van der Waals surface area contributed by atoms with Gasteiger partial charge in [0, 0.05) is 22.7 Å². The highest BCUT2D eigenvalue weighted by atomic mass is 19.1. The minimum absolute atomic E-state index is 0.250. The Morgan fingerprint density at radius 3 is 2.47 bits per heavy atom. The van der Waals surface area contributed by atoms with Gasteiger partial charge in [-0.25, -0.2) is 14.4 Å². The fourth-order valence-corrected chi connectivity index (χ4v) is 1.70. The summed E-state index contributed by atoms with van der Waals surface area (Å²) < 4.78 is 13.9. The van der Waals surface area contributed by atoms with Crippen LogP contribution in [0.3, 0.4) is 0 Å². The molecule has 0 aromatic carbocycles. The molecule has 0 saturated heterocycles. The van der Waals surface area contributed by atoms with E-state index < -0.39 is 5.82 Å². The van der Waals surface area contributed by atoms with E-state index in [9.17, 15) is 4.39 Å². The summed E-state index contributed by atoms with van der Waals surface area (Å²) in [5, 5.41) is 0. The van der Waals surface area contributed by atoms with Crippen LogP contribution >= 0.6 is 0 Å². The van der Waals surface area contributed by atoms with Crippen LogP contribution in [0.15, 0.2) is 18.5 Å². The van der Waals surface area contributed by atoms with E-state index in [-0.39, 0.29) is 5.41 Å². The normalized spacial score (nSPS) is 11.6. The van der Waals surface area contributed by atoms with Crippen molar-refractivity contribution in [2.24, 2.45) is 0 Å².